The molecular weight excluding hydrogens is 290 g/mol. The highest BCUT2D eigenvalue weighted by atomic mass is 16.7. The summed E-state index contributed by atoms with van der Waals surface area (Å²) in [6.45, 7) is 5.30. The number of benzene rings is 1. The number of ketones is 1. The lowest BCUT2D eigenvalue weighted by molar-refractivity contribution is -0.146. The van der Waals surface area contributed by atoms with Gasteiger partial charge in [-0.05, 0) is 32.4 Å². The predicted molar refractivity (Wildman–Crippen MR) is 88.7 cm³/mol. The van der Waals surface area contributed by atoms with Crippen LogP contribution in [0.5, 0.6) is 0 Å². The molecule has 0 atom stereocenters. The van der Waals surface area contributed by atoms with Crippen LogP contribution in [0.15, 0.2) is 36.4 Å². The van der Waals surface area contributed by atoms with Crippen molar-refractivity contribution in [3.63, 3.8) is 0 Å². The van der Waals surface area contributed by atoms with Crippen molar-refractivity contribution in [2.24, 2.45) is 7.05 Å². The molecule has 3 rings (SSSR count). The summed E-state index contributed by atoms with van der Waals surface area (Å²) in [4.78, 5) is 12.6. The SMILES string of the molecule is Cc1ccc(C(=O)c2ccc(CCC3(C)OCCO3)n2C)cc1. The number of carbonyl (C=O) groups excluding carboxylic acids is 1. The van der Waals surface area contributed by atoms with Gasteiger partial charge < -0.3 is 14.0 Å². The Bertz CT molecular complexity index is 694. The molecule has 0 bridgehead atoms. The van der Waals surface area contributed by atoms with Gasteiger partial charge in [0, 0.05) is 24.7 Å². The van der Waals surface area contributed by atoms with Gasteiger partial charge in [0.05, 0.1) is 18.9 Å². The Labute approximate surface area is 137 Å². The molecule has 0 aliphatic carbocycles. The number of aryl methyl sites for hydroxylation is 2. The van der Waals surface area contributed by atoms with Crippen LogP contribution in [-0.4, -0.2) is 29.4 Å². The van der Waals surface area contributed by atoms with Crippen LogP contribution in [0.25, 0.3) is 0 Å². The molecular formula is C19H23NO3. The van der Waals surface area contributed by atoms with Crippen molar-refractivity contribution in [1.29, 1.82) is 0 Å². The number of aromatic nitrogens is 1. The summed E-state index contributed by atoms with van der Waals surface area (Å²) in [6, 6.07) is 11.6. The largest absolute Gasteiger partial charge is 0.348 e. The first-order chi connectivity index (χ1) is 11.0. The molecule has 1 saturated heterocycles. The molecule has 0 amide bonds. The number of rotatable bonds is 5. The normalized spacial score (nSPS) is 16.7. The molecule has 0 spiro atoms. The molecule has 0 N–H and O–H groups in total. The fourth-order valence-electron chi connectivity index (χ4n) is 2.94. The van der Waals surface area contributed by atoms with E-state index in [-0.39, 0.29) is 5.78 Å². The molecule has 0 radical (unpaired) electrons. The van der Waals surface area contributed by atoms with Crippen LogP contribution in [0, 0.1) is 6.92 Å². The minimum absolute atomic E-state index is 0.0540. The van der Waals surface area contributed by atoms with E-state index in [9.17, 15) is 4.79 Å². The van der Waals surface area contributed by atoms with Gasteiger partial charge in [-0.2, -0.15) is 0 Å². The van der Waals surface area contributed by atoms with Crippen LogP contribution in [-0.2, 0) is 22.9 Å². The van der Waals surface area contributed by atoms with Crippen LogP contribution in [0.1, 0.15) is 40.7 Å². The molecule has 4 nitrogen and oxygen atoms in total. The van der Waals surface area contributed by atoms with Crippen LogP contribution in [0.3, 0.4) is 0 Å². The molecule has 0 saturated carbocycles. The monoisotopic (exact) mass is 313 g/mol. The molecule has 1 aliphatic rings. The zero-order valence-corrected chi connectivity index (χ0v) is 14.0. The molecule has 122 valence electrons. The summed E-state index contributed by atoms with van der Waals surface area (Å²) in [7, 11) is 1.94. The number of nitrogens with zero attached hydrogens (tertiary/aromatic N) is 1. The van der Waals surface area contributed by atoms with Crippen LogP contribution in [0.4, 0.5) is 0 Å². The molecule has 1 aromatic heterocycles. The van der Waals surface area contributed by atoms with Gasteiger partial charge in [0.15, 0.2) is 5.79 Å². The molecule has 1 aliphatic heterocycles. The first-order valence-corrected chi connectivity index (χ1v) is 8.02. The van der Waals surface area contributed by atoms with Crippen molar-refractivity contribution in [3.8, 4) is 0 Å². The van der Waals surface area contributed by atoms with Crippen molar-refractivity contribution in [2.45, 2.75) is 32.5 Å². The lowest BCUT2D eigenvalue weighted by Gasteiger charge is -2.22. The van der Waals surface area contributed by atoms with Gasteiger partial charge in [-0.3, -0.25) is 4.79 Å². The lowest BCUT2D eigenvalue weighted by Crippen LogP contribution is -2.26. The topological polar surface area (TPSA) is 40.5 Å². The highest BCUT2D eigenvalue weighted by Crippen LogP contribution is 2.25. The second kappa shape index (κ2) is 6.30. The number of carbonyl (C=O) groups is 1. The average molecular weight is 313 g/mol. The Morgan fingerprint density at radius 3 is 2.43 bits per heavy atom. The van der Waals surface area contributed by atoms with Crippen molar-refractivity contribution < 1.29 is 14.3 Å². The van der Waals surface area contributed by atoms with Crippen molar-refractivity contribution in [2.75, 3.05) is 13.2 Å². The van der Waals surface area contributed by atoms with E-state index in [1.807, 2.05) is 61.9 Å². The van der Waals surface area contributed by atoms with E-state index in [0.717, 1.165) is 29.7 Å². The summed E-state index contributed by atoms with van der Waals surface area (Å²) in [6.07, 6.45) is 1.59. The van der Waals surface area contributed by atoms with Crippen LogP contribution >= 0.6 is 0 Å². The summed E-state index contributed by atoms with van der Waals surface area (Å²) in [5, 5.41) is 0. The van der Waals surface area contributed by atoms with E-state index >= 15 is 0 Å². The van der Waals surface area contributed by atoms with Gasteiger partial charge in [0.2, 0.25) is 5.78 Å². The highest BCUT2D eigenvalue weighted by molar-refractivity contribution is 6.08. The Kier molecular flexibility index (Phi) is 4.37. The smallest absolute Gasteiger partial charge is 0.209 e. The molecule has 4 heteroatoms. The maximum absolute atomic E-state index is 12.6. The Hall–Kier alpha value is -1.91. The number of hydrogen-bond donors (Lipinski definition) is 0. The van der Waals surface area contributed by atoms with Crippen LogP contribution in [0.2, 0.25) is 0 Å². The molecule has 1 fully saturated rings. The van der Waals surface area contributed by atoms with E-state index in [2.05, 4.69) is 0 Å². The van der Waals surface area contributed by atoms with E-state index in [0.29, 0.717) is 18.9 Å². The summed E-state index contributed by atoms with van der Waals surface area (Å²) >= 11 is 0. The standard InChI is InChI=1S/C19H23NO3/c1-14-4-6-15(7-5-14)18(21)17-9-8-16(20(17)3)10-11-19(2)22-12-13-23-19/h4-9H,10-13H2,1-3H3. The Morgan fingerprint density at radius 1 is 1.13 bits per heavy atom. The third-order valence-corrected chi connectivity index (χ3v) is 4.51. The maximum Gasteiger partial charge on any atom is 0.209 e. The van der Waals surface area contributed by atoms with Gasteiger partial charge in [0.25, 0.3) is 0 Å². The zero-order chi connectivity index (χ0) is 16.4. The first kappa shape index (κ1) is 16.0. The summed E-state index contributed by atoms with van der Waals surface area (Å²) in [5.41, 5.74) is 3.69. The quantitative estimate of drug-likeness (QED) is 0.796. The maximum atomic E-state index is 12.6. The van der Waals surface area contributed by atoms with Crippen molar-refractivity contribution in [1.82, 2.24) is 4.57 Å². The second-order valence-corrected chi connectivity index (χ2v) is 6.29. The number of ether oxygens (including phenoxy) is 2. The fraction of sp³-hybridized carbons (Fsp3) is 0.421. The Morgan fingerprint density at radius 2 is 1.78 bits per heavy atom. The van der Waals surface area contributed by atoms with Crippen molar-refractivity contribution in [3.05, 3.63) is 58.9 Å². The highest BCUT2D eigenvalue weighted by Gasteiger charge is 2.30. The van der Waals surface area contributed by atoms with E-state index in [4.69, 9.17) is 9.47 Å². The van der Waals surface area contributed by atoms with E-state index < -0.39 is 5.79 Å². The second-order valence-electron chi connectivity index (χ2n) is 6.29. The third kappa shape index (κ3) is 3.38. The molecule has 2 aromatic rings. The van der Waals surface area contributed by atoms with Gasteiger partial charge in [0.1, 0.15) is 0 Å². The Balaban J connectivity index is 1.73. The third-order valence-electron chi connectivity index (χ3n) is 4.51. The van der Waals surface area contributed by atoms with Gasteiger partial charge in [-0.1, -0.05) is 29.8 Å². The minimum Gasteiger partial charge on any atom is -0.348 e. The molecule has 23 heavy (non-hydrogen) atoms. The van der Waals surface area contributed by atoms with Crippen LogP contribution < -0.4 is 0 Å². The summed E-state index contributed by atoms with van der Waals surface area (Å²) < 4.78 is 13.2. The van der Waals surface area contributed by atoms with E-state index in [1.54, 1.807) is 0 Å². The summed E-state index contributed by atoms with van der Waals surface area (Å²) in [5.74, 6) is -0.441. The lowest BCUT2D eigenvalue weighted by atomic mass is 10.1. The van der Waals surface area contributed by atoms with Gasteiger partial charge in [-0.15, -0.1) is 0 Å². The predicted octanol–water partition coefficient (Wildman–Crippen LogP) is 3.26. The molecule has 1 aromatic carbocycles. The first-order valence-electron chi connectivity index (χ1n) is 8.02. The zero-order valence-electron chi connectivity index (χ0n) is 14.0. The fourth-order valence-corrected chi connectivity index (χ4v) is 2.94. The van der Waals surface area contributed by atoms with E-state index in [1.165, 1.54) is 0 Å². The van der Waals surface area contributed by atoms with Gasteiger partial charge >= 0.3 is 0 Å². The van der Waals surface area contributed by atoms with Crippen molar-refractivity contribution >= 4 is 5.78 Å². The number of hydrogen-bond acceptors (Lipinski definition) is 3. The molecule has 2 heterocycles. The molecule has 0 unspecified atom stereocenters. The average Bonchev–Trinajstić information content (AvgIpc) is 3.12. The minimum atomic E-state index is -0.495. The van der Waals surface area contributed by atoms with Gasteiger partial charge in [-0.25, -0.2) is 0 Å².